The number of carbonyl (C=O) groups excluding carboxylic acids is 2. The first kappa shape index (κ1) is 20.1. The second-order valence-corrected chi connectivity index (χ2v) is 6.43. The topological polar surface area (TPSA) is 67.4 Å². The van der Waals surface area contributed by atoms with Crippen LogP contribution in [0.1, 0.15) is 22.3 Å². The second-order valence-electron chi connectivity index (χ2n) is 5.59. The molecule has 0 spiro atoms. The van der Waals surface area contributed by atoms with Gasteiger partial charge in [0.1, 0.15) is 0 Å². The third-order valence-electron chi connectivity index (χ3n) is 3.70. The Hall–Kier alpha value is -2.24. The first-order chi connectivity index (χ1) is 12.5. The second kappa shape index (κ2) is 10.0. The minimum absolute atomic E-state index is 0.0632. The lowest BCUT2D eigenvalue weighted by molar-refractivity contribution is -0.120. The summed E-state index contributed by atoms with van der Waals surface area (Å²) in [7, 11) is 1.32. The molecule has 1 amide bonds. The molecule has 0 bridgehead atoms. The van der Waals surface area contributed by atoms with Gasteiger partial charge >= 0.3 is 5.97 Å². The van der Waals surface area contributed by atoms with Crippen LogP contribution >= 0.6 is 23.2 Å². The van der Waals surface area contributed by atoms with Gasteiger partial charge in [0.05, 0.1) is 23.4 Å². The van der Waals surface area contributed by atoms with Crippen molar-refractivity contribution in [2.75, 3.05) is 25.5 Å². The van der Waals surface area contributed by atoms with E-state index in [0.29, 0.717) is 40.8 Å². The summed E-state index contributed by atoms with van der Waals surface area (Å²) >= 11 is 11.9. The monoisotopic (exact) mass is 394 g/mol. The molecule has 5 nitrogen and oxygen atoms in total. The van der Waals surface area contributed by atoms with E-state index in [-0.39, 0.29) is 5.91 Å². The maximum absolute atomic E-state index is 11.9. The number of amides is 1. The number of carbonyl (C=O) groups is 2. The standard InChI is InChI=1S/C19H20Cl2N2O3/c1-26-19(25)14-4-7-16(21)17(12-14)22-11-9-18(24)23-10-8-13-2-5-15(20)6-3-13/h2-7,12,22H,8-11H2,1H3,(H,23,24). The van der Waals surface area contributed by atoms with Crippen molar-refractivity contribution < 1.29 is 14.3 Å². The molecule has 2 N–H and O–H groups in total. The molecule has 0 unspecified atom stereocenters. The number of hydrogen-bond acceptors (Lipinski definition) is 4. The molecule has 0 aliphatic carbocycles. The van der Waals surface area contributed by atoms with Crippen LogP contribution in [-0.4, -0.2) is 32.1 Å². The summed E-state index contributed by atoms with van der Waals surface area (Å²) in [6, 6.07) is 12.3. The Morgan fingerprint density at radius 2 is 1.77 bits per heavy atom. The van der Waals surface area contributed by atoms with E-state index in [0.717, 1.165) is 12.0 Å². The fourth-order valence-corrected chi connectivity index (χ4v) is 2.61. The van der Waals surface area contributed by atoms with Crippen LogP contribution in [0.5, 0.6) is 0 Å². The minimum atomic E-state index is -0.440. The van der Waals surface area contributed by atoms with Gasteiger partial charge in [-0.2, -0.15) is 0 Å². The molecular formula is C19H20Cl2N2O3. The predicted molar refractivity (Wildman–Crippen MR) is 104 cm³/mol. The molecule has 0 fully saturated rings. The Labute approximate surface area is 162 Å². The third-order valence-corrected chi connectivity index (χ3v) is 4.29. The first-order valence-electron chi connectivity index (χ1n) is 8.12. The Bertz CT molecular complexity index is 764. The van der Waals surface area contributed by atoms with Crippen LogP contribution < -0.4 is 10.6 Å². The summed E-state index contributed by atoms with van der Waals surface area (Å²) < 4.78 is 4.68. The molecule has 0 aromatic heterocycles. The van der Waals surface area contributed by atoms with Crippen molar-refractivity contribution >= 4 is 40.8 Å². The van der Waals surface area contributed by atoms with E-state index in [4.69, 9.17) is 23.2 Å². The maximum Gasteiger partial charge on any atom is 0.337 e. The normalized spacial score (nSPS) is 10.3. The molecule has 0 radical (unpaired) electrons. The van der Waals surface area contributed by atoms with Crippen molar-refractivity contribution in [1.82, 2.24) is 5.32 Å². The van der Waals surface area contributed by atoms with Crippen molar-refractivity contribution in [1.29, 1.82) is 0 Å². The van der Waals surface area contributed by atoms with Crippen LogP contribution in [0.3, 0.4) is 0 Å². The van der Waals surface area contributed by atoms with E-state index < -0.39 is 5.97 Å². The lowest BCUT2D eigenvalue weighted by Crippen LogP contribution is -2.27. The Balaban J connectivity index is 1.74. The van der Waals surface area contributed by atoms with Gasteiger partial charge in [0.25, 0.3) is 0 Å². The highest BCUT2D eigenvalue weighted by molar-refractivity contribution is 6.33. The average molecular weight is 395 g/mol. The zero-order valence-corrected chi connectivity index (χ0v) is 15.9. The number of methoxy groups -OCH3 is 1. The van der Waals surface area contributed by atoms with Gasteiger partial charge in [-0.15, -0.1) is 0 Å². The van der Waals surface area contributed by atoms with E-state index in [1.165, 1.54) is 7.11 Å². The van der Waals surface area contributed by atoms with Crippen LogP contribution in [0.2, 0.25) is 10.0 Å². The number of esters is 1. The average Bonchev–Trinajstić information content (AvgIpc) is 2.64. The van der Waals surface area contributed by atoms with Crippen LogP contribution in [0.25, 0.3) is 0 Å². The van der Waals surface area contributed by atoms with E-state index in [1.54, 1.807) is 18.2 Å². The Morgan fingerprint density at radius 1 is 1.04 bits per heavy atom. The lowest BCUT2D eigenvalue weighted by atomic mass is 10.1. The molecule has 0 aliphatic rings. The maximum atomic E-state index is 11.9. The van der Waals surface area contributed by atoms with E-state index in [1.807, 2.05) is 24.3 Å². The number of hydrogen-bond donors (Lipinski definition) is 2. The molecule has 0 saturated heterocycles. The van der Waals surface area contributed by atoms with Gasteiger partial charge in [-0.05, 0) is 42.3 Å². The van der Waals surface area contributed by atoms with Crippen LogP contribution in [-0.2, 0) is 16.0 Å². The first-order valence-corrected chi connectivity index (χ1v) is 8.88. The van der Waals surface area contributed by atoms with Gasteiger partial charge in [-0.25, -0.2) is 4.79 Å². The summed E-state index contributed by atoms with van der Waals surface area (Å²) in [5.74, 6) is -0.503. The van der Waals surface area contributed by atoms with E-state index in [9.17, 15) is 9.59 Å². The van der Waals surface area contributed by atoms with Crippen LogP contribution in [0, 0.1) is 0 Å². The number of ether oxygens (including phenoxy) is 1. The molecule has 7 heteroatoms. The smallest absolute Gasteiger partial charge is 0.337 e. The molecule has 2 aromatic rings. The highest BCUT2D eigenvalue weighted by atomic mass is 35.5. The van der Waals surface area contributed by atoms with Crippen LogP contribution in [0.15, 0.2) is 42.5 Å². The number of halogens is 2. The van der Waals surface area contributed by atoms with Gasteiger partial charge in [0, 0.05) is 24.5 Å². The summed E-state index contributed by atoms with van der Waals surface area (Å²) in [5, 5.41) is 7.09. The fourth-order valence-electron chi connectivity index (χ4n) is 2.30. The number of rotatable bonds is 8. The van der Waals surface area contributed by atoms with Crippen molar-refractivity contribution in [3.63, 3.8) is 0 Å². The van der Waals surface area contributed by atoms with E-state index in [2.05, 4.69) is 15.4 Å². The molecule has 0 aliphatic heterocycles. The minimum Gasteiger partial charge on any atom is -0.465 e. The van der Waals surface area contributed by atoms with Gasteiger partial charge in [0.15, 0.2) is 0 Å². The molecule has 26 heavy (non-hydrogen) atoms. The summed E-state index contributed by atoms with van der Waals surface area (Å²) in [4.78, 5) is 23.5. The van der Waals surface area contributed by atoms with Crippen molar-refractivity contribution in [3.8, 4) is 0 Å². The summed E-state index contributed by atoms with van der Waals surface area (Å²) in [6.45, 7) is 0.955. The molecule has 2 aromatic carbocycles. The highest BCUT2D eigenvalue weighted by Crippen LogP contribution is 2.23. The van der Waals surface area contributed by atoms with Crippen LogP contribution in [0.4, 0.5) is 5.69 Å². The molecule has 0 saturated carbocycles. The molecule has 2 rings (SSSR count). The zero-order chi connectivity index (χ0) is 18.9. The van der Waals surface area contributed by atoms with Gasteiger partial charge in [0.2, 0.25) is 5.91 Å². The summed E-state index contributed by atoms with van der Waals surface area (Å²) in [5.41, 5.74) is 2.09. The third kappa shape index (κ3) is 6.24. The van der Waals surface area contributed by atoms with Crippen molar-refractivity contribution in [2.45, 2.75) is 12.8 Å². The molecule has 0 heterocycles. The quantitative estimate of drug-likeness (QED) is 0.665. The van der Waals surface area contributed by atoms with E-state index >= 15 is 0 Å². The Morgan fingerprint density at radius 3 is 2.46 bits per heavy atom. The van der Waals surface area contributed by atoms with Gasteiger partial charge in [-0.3, -0.25) is 4.79 Å². The largest absolute Gasteiger partial charge is 0.465 e. The van der Waals surface area contributed by atoms with Gasteiger partial charge < -0.3 is 15.4 Å². The number of anilines is 1. The van der Waals surface area contributed by atoms with Crippen molar-refractivity contribution in [3.05, 3.63) is 63.6 Å². The number of nitrogens with one attached hydrogen (secondary N) is 2. The number of benzene rings is 2. The zero-order valence-electron chi connectivity index (χ0n) is 14.4. The lowest BCUT2D eigenvalue weighted by Gasteiger charge is -2.10. The Kier molecular flexibility index (Phi) is 7.75. The molecule has 0 atom stereocenters. The fraction of sp³-hybridized carbons (Fsp3) is 0.263. The van der Waals surface area contributed by atoms with Crippen molar-refractivity contribution in [2.24, 2.45) is 0 Å². The molecule has 138 valence electrons. The van der Waals surface area contributed by atoms with Gasteiger partial charge in [-0.1, -0.05) is 35.3 Å². The highest BCUT2D eigenvalue weighted by Gasteiger charge is 2.09. The predicted octanol–water partition coefficient (Wildman–Crippen LogP) is 3.94. The summed E-state index contributed by atoms with van der Waals surface area (Å²) in [6.07, 6.45) is 1.03. The molecular weight excluding hydrogens is 375 g/mol. The SMILES string of the molecule is COC(=O)c1ccc(Cl)c(NCCC(=O)NCCc2ccc(Cl)cc2)c1.